The molecule has 0 saturated carbocycles. The number of nitrogens with one attached hydrogen (secondary N) is 1. The van der Waals surface area contributed by atoms with Crippen LogP contribution in [0.5, 0.6) is 0 Å². The van der Waals surface area contributed by atoms with E-state index in [9.17, 15) is 9.59 Å². The van der Waals surface area contributed by atoms with E-state index in [0.717, 1.165) is 35.3 Å². The zero-order valence-electron chi connectivity index (χ0n) is 15.5. The first kappa shape index (κ1) is 18.4. The lowest BCUT2D eigenvalue weighted by molar-refractivity contribution is -0.121. The molecular formula is C19H23N3O3S. The fourth-order valence-electron chi connectivity index (χ4n) is 3.03. The highest BCUT2D eigenvalue weighted by atomic mass is 32.1. The Morgan fingerprint density at radius 1 is 1.38 bits per heavy atom. The second-order valence-corrected chi connectivity index (χ2v) is 7.73. The molecule has 1 aliphatic heterocycles. The van der Waals surface area contributed by atoms with Crippen molar-refractivity contribution in [2.24, 2.45) is 0 Å². The van der Waals surface area contributed by atoms with Crippen molar-refractivity contribution in [2.45, 2.75) is 39.0 Å². The predicted octanol–water partition coefficient (Wildman–Crippen LogP) is 4.41. The smallest absolute Gasteiger partial charge is 0.413 e. The number of amides is 2. The van der Waals surface area contributed by atoms with Crippen molar-refractivity contribution in [1.82, 2.24) is 4.98 Å². The Morgan fingerprint density at radius 3 is 2.88 bits per heavy atom. The Balaban J connectivity index is 1.78. The number of benzene rings is 1. The van der Waals surface area contributed by atoms with Crippen molar-refractivity contribution >= 4 is 34.2 Å². The average molecular weight is 373 g/mol. The monoisotopic (exact) mass is 373 g/mol. The molecule has 0 atom stereocenters. The second-order valence-electron chi connectivity index (χ2n) is 6.87. The third-order valence-corrected chi connectivity index (χ3v) is 5.37. The number of unbranched alkanes of at least 4 members (excludes halogenated alkanes) is 1. The Labute approximate surface area is 157 Å². The number of anilines is 2. The van der Waals surface area contributed by atoms with Gasteiger partial charge in [-0.05, 0) is 38.0 Å². The molecule has 0 radical (unpaired) electrons. The fraction of sp³-hybridized carbons (Fsp3) is 0.421. The normalized spacial score (nSPS) is 15.1. The van der Waals surface area contributed by atoms with Crippen molar-refractivity contribution in [3.8, 4) is 11.3 Å². The third kappa shape index (κ3) is 3.31. The van der Waals surface area contributed by atoms with Gasteiger partial charge in [0.25, 0.3) is 0 Å². The molecule has 2 aromatic rings. The van der Waals surface area contributed by atoms with E-state index in [4.69, 9.17) is 4.74 Å². The molecule has 26 heavy (non-hydrogen) atoms. The molecule has 3 rings (SSSR count). The maximum absolute atomic E-state index is 12.4. The number of aromatic nitrogens is 1. The lowest BCUT2D eigenvalue weighted by Gasteiger charge is -2.16. The molecule has 0 unspecified atom stereocenters. The van der Waals surface area contributed by atoms with Gasteiger partial charge in [0.1, 0.15) is 0 Å². The number of thiazole rings is 1. The molecule has 7 heteroatoms. The topological polar surface area (TPSA) is 71.5 Å². The summed E-state index contributed by atoms with van der Waals surface area (Å²) in [6, 6.07) is 5.90. The quantitative estimate of drug-likeness (QED) is 0.788. The number of likely N-dealkylation sites (N-methyl/N-ethyl adjacent to an activating group) is 1. The number of carbonyl (C=O) groups excluding carboxylic acids is 2. The number of hydrogen-bond donors (Lipinski definition) is 1. The Kier molecular flexibility index (Phi) is 5.00. The third-order valence-electron chi connectivity index (χ3n) is 4.61. The van der Waals surface area contributed by atoms with Gasteiger partial charge in [-0.3, -0.25) is 10.1 Å². The van der Waals surface area contributed by atoms with Gasteiger partial charge in [0, 0.05) is 23.7 Å². The van der Waals surface area contributed by atoms with E-state index in [-0.39, 0.29) is 5.91 Å². The molecule has 0 fully saturated rings. The molecule has 0 spiro atoms. The molecule has 1 aliphatic rings. The number of nitrogens with zero attached hydrogens (tertiary/aromatic N) is 2. The summed E-state index contributed by atoms with van der Waals surface area (Å²) in [5, 5.41) is 5.04. The Bertz CT molecular complexity index is 844. The zero-order valence-corrected chi connectivity index (χ0v) is 16.3. The van der Waals surface area contributed by atoms with Crippen molar-refractivity contribution in [3.05, 3.63) is 29.1 Å². The molecule has 2 heterocycles. The van der Waals surface area contributed by atoms with E-state index in [0.29, 0.717) is 11.7 Å². The van der Waals surface area contributed by atoms with Gasteiger partial charge in [0.05, 0.1) is 17.7 Å². The maximum Gasteiger partial charge on any atom is 0.413 e. The van der Waals surface area contributed by atoms with Crippen molar-refractivity contribution in [3.63, 3.8) is 0 Å². The van der Waals surface area contributed by atoms with Crippen LogP contribution in [-0.2, 0) is 14.9 Å². The highest BCUT2D eigenvalue weighted by molar-refractivity contribution is 7.14. The largest absolute Gasteiger partial charge is 0.449 e. The standard InChI is InChI=1S/C19H23N3O3S/c1-5-6-9-25-18(24)21-17-20-14(11-26-17)12-7-8-15-13(10-12)19(2,3)16(23)22(15)4/h7-8,10-11H,5-6,9H2,1-4H3,(H,20,21,24). The lowest BCUT2D eigenvalue weighted by atomic mass is 9.85. The van der Waals surface area contributed by atoms with Crippen LogP contribution in [0.2, 0.25) is 0 Å². The molecule has 2 amide bonds. The highest BCUT2D eigenvalue weighted by Crippen LogP contribution is 2.42. The number of ether oxygens (including phenoxy) is 1. The van der Waals surface area contributed by atoms with Crippen LogP contribution in [0.25, 0.3) is 11.3 Å². The van der Waals surface area contributed by atoms with Gasteiger partial charge in [-0.2, -0.15) is 0 Å². The molecule has 0 saturated heterocycles. The van der Waals surface area contributed by atoms with Crippen molar-refractivity contribution < 1.29 is 14.3 Å². The van der Waals surface area contributed by atoms with Crippen LogP contribution in [0.3, 0.4) is 0 Å². The minimum Gasteiger partial charge on any atom is -0.449 e. The number of fused-ring (bicyclic) bond motifs is 1. The van der Waals surface area contributed by atoms with Crippen molar-refractivity contribution in [1.29, 1.82) is 0 Å². The van der Waals surface area contributed by atoms with E-state index < -0.39 is 11.5 Å². The second kappa shape index (κ2) is 7.07. The maximum atomic E-state index is 12.4. The number of hydrogen-bond acceptors (Lipinski definition) is 5. The van der Waals surface area contributed by atoms with Gasteiger partial charge in [0.15, 0.2) is 5.13 Å². The van der Waals surface area contributed by atoms with Crippen LogP contribution in [0.4, 0.5) is 15.6 Å². The van der Waals surface area contributed by atoms with E-state index in [1.165, 1.54) is 11.3 Å². The van der Waals surface area contributed by atoms with Crippen LogP contribution in [0, 0.1) is 0 Å². The summed E-state index contributed by atoms with van der Waals surface area (Å²) in [6.07, 6.45) is 1.33. The van der Waals surface area contributed by atoms with Gasteiger partial charge >= 0.3 is 6.09 Å². The van der Waals surface area contributed by atoms with Gasteiger partial charge in [-0.15, -0.1) is 11.3 Å². The molecule has 0 aliphatic carbocycles. The van der Waals surface area contributed by atoms with Crippen LogP contribution < -0.4 is 10.2 Å². The first-order valence-electron chi connectivity index (χ1n) is 8.67. The molecule has 0 bridgehead atoms. The molecule has 1 aromatic carbocycles. The van der Waals surface area contributed by atoms with Gasteiger partial charge < -0.3 is 9.64 Å². The first-order valence-corrected chi connectivity index (χ1v) is 9.55. The summed E-state index contributed by atoms with van der Waals surface area (Å²) in [5.74, 6) is 0.0834. The van der Waals surface area contributed by atoms with Crippen molar-refractivity contribution in [2.75, 3.05) is 23.9 Å². The van der Waals surface area contributed by atoms with Crippen LogP contribution in [0.15, 0.2) is 23.6 Å². The van der Waals surface area contributed by atoms with Crippen LogP contribution >= 0.6 is 11.3 Å². The summed E-state index contributed by atoms with van der Waals surface area (Å²) < 4.78 is 5.09. The van der Waals surface area contributed by atoms with E-state index in [1.807, 2.05) is 44.4 Å². The summed E-state index contributed by atoms with van der Waals surface area (Å²) in [4.78, 5) is 30.3. The molecule has 6 nitrogen and oxygen atoms in total. The minimum absolute atomic E-state index is 0.0834. The molecule has 1 aromatic heterocycles. The summed E-state index contributed by atoms with van der Waals surface area (Å²) in [5.41, 5.74) is 3.05. The summed E-state index contributed by atoms with van der Waals surface area (Å²) in [6.45, 7) is 6.31. The average Bonchev–Trinajstić information content (AvgIpc) is 3.14. The molecule has 138 valence electrons. The lowest BCUT2D eigenvalue weighted by Crippen LogP contribution is -2.33. The van der Waals surface area contributed by atoms with Crippen LogP contribution in [0.1, 0.15) is 39.2 Å². The number of carbonyl (C=O) groups is 2. The molecular weight excluding hydrogens is 350 g/mol. The fourth-order valence-corrected chi connectivity index (χ4v) is 3.73. The zero-order chi connectivity index (χ0) is 18.9. The van der Waals surface area contributed by atoms with Gasteiger partial charge in [-0.25, -0.2) is 9.78 Å². The van der Waals surface area contributed by atoms with Crippen LogP contribution in [-0.4, -0.2) is 30.6 Å². The van der Waals surface area contributed by atoms with E-state index in [2.05, 4.69) is 10.3 Å². The predicted molar refractivity (Wildman–Crippen MR) is 104 cm³/mol. The van der Waals surface area contributed by atoms with Gasteiger partial charge in [0.2, 0.25) is 5.91 Å². The SMILES string of the molecule is CCCCOC(=O)Nc1nc(-c2ccc3c(c2)C(C)(C)C(=O)N3C)cs1. The Hall–Kier alpha value is -2.41. The minimum atomic E-state index is -0.555. The van der Waals surface area contributed by atoms with E-state index in [1.54, 1.807) is 11.9 Å². The first-order chi connectivity index (χ1) is 12.3. The molecule has 1 N–H and O–H groups in total. The van der Waals surface area contributed by atoms with E-state index >= 15 is 0 Å². The summed E-state index contributed by atoms with van der Waals surface area (Å²) >= 11 is 1.35. The Morgan fingerprint density at radius 2 is 2.15 bits per heavy atom. The highest BCUT2D eigenvalue weighted by Gasteiger charge is 2.42. The van der Waals surface area contributed by atoms with Gasteiger partial charge in [-0.1, -0.05) is 19.4 Å². The number of rotatable bonds is 5. The summed E-state index contributed by atoms with van der Waals surface area (Å²) in [7, 11) is 1.80.